The molecule has 0 fully saturated rings. The minimum absolute atomic E-state index is 1.05. The number of unbranched alkanes of at least 4 members (excludes halogenated alkanes) is 6. The molecule has 0 amide bonds. The normalized spacial score (nSPS) is 11.2. The standard InChI is InChI=1S/C41H50N3/c1-5-7-9-11-25-42-28-23-39(24-29-42)44-40(35-19-15-33(3)16-20-35)30-38(31-41(44)36-21-17-34(4)18-22-36)37-14-13-27-43(32-37)26-12-10-8-6-2/h13-24,27-32H,5-12,25-26H2,1-4H3/q+3. The van der Waals surface area contributed by atoms with Gasteiger partial charge in [0.25, 0.3) is 0 Å². The fraction of sp³-hybridized carbons (Fsp3) is 0.341. The number of rotatable bonds is 14. The lowest BCUT2D eigenvalue weighted by molar-refractivity contribution is -0.698. The molecule has 2 aromatic carbocycles. The summed E-state index contributed by atoms with van der Waals surface area (Å²) in [6, 6.07) is 31.7. The smallest absolute Gasteiger partial charge is 0.205 e. The Labute approximate surface area is 265 Å². The van der Waals surface area contributed by atoms with E-state index in [0.717, 1.165) is 13.1 Å². The molecule has 0 aliphatic heterocycles. The first-order valence-electron chi connectivity index (χ1n) is 16.8. The molecule has 226 valence electrons. The molecule has 0 aliphatic rings. The Balaban J connectivity index is 1.64. The van der Waals surface area contributed by atoms with Gasteiger partial charge in [-0.25, -0.2) is 9.13 Å². The monoisotopic (exact) mass is 584 g/mol. The van der Waals surface area contributed by atoms with Gasteiger partial charge in [-0.15, -0.1) is 0 Å². The molecule has 5 aromatic rings. The maximum Gasteiger partial charge on any atom is 0.223 e. The second-order valence-electron chi connectivity index (χ2n) is 12.3. The highest BCUT2D eigenvalue weighted by Gasteiger charge is 2.26. The summed E-state index contributed by atoms with van der Waals surface area (Å²) in [5.41, 5.74) is 11.0. The number of aromatic nitrogens is 3. The summed E-state index contributed by atoms with van der Waals surface area (Å²) >= 11 is 0. The molecule has 0 aliphatic carbocycles. The van der Waals surface area contributed by atoms with E-state index < -0.39 is 0 Å². The third kappa shape index (κ3) is 8.08. The summed E-state index contributed by atoms with van der Waals surface area (Å²) in [7, 11) is 0. The Kier molecular flexibility index (Phi) is 11.1. The zero-order valence-electron chi connectivity index (χ0n) is 27.3. The maximum absolute atomic E-state index is 2.45. The van der Waals surface area contributed by atoms with Gasteiger partial charge in [0.05, 0.1) is 12.1 Å². The first-order chi connectivity index (χ1) is 21.6. The fourth-order valence-electron chi connectivity index (χ4n) is 5.94. The molecular weight excluding hydrogens is 534 g/mol. The van der Waals surface area contributed by atoms with Crippen molar-refractivity contribution in [3.8, 4) is 39.3 Å². The van der Waals surface area contributed by atoms with Crippen molar-refractivity contribution in [2.24, 2.45) is 0 Å². The van der Waals surface area contributed by atoms with Crippen LogP contribution in [0.15, 0.2) is 110 Å². The molecule has 3 heterocycles. The highest BCUT2D eigenvalue weighted by atomic mass is 15.0. The van der Waals surface area contributed by atoms with Gasteiger partial charge in [-0.2, -0.15) is 4.57 Å². The predicted molar refractivity (Wildman–Crippen MR) is 182 cm³/mol. The van der Waals surface area contributed by atoms with Gasteiger partial charge in [0.15, 0.2) is 24.8 Å². The van der Waals surface area contributed by atoms with Crippen LogP contribution in [0.3, 0.4) is 0 Å². The highest BCUT2D eigenvalue weighted by Crippen LogP contribution is 2.30. The number of nitrogens with zero attached hydrogens (tertiary/aromatic N) is 3. The molecular formula is C41H50N3+3. The number of hydrogen-bond donors (Lipinski definition) is 0. The van der Waals surface area contributed by atoms with Crippen molar-refractivity contribution in [2.45, 2.75) is 92.2 Å². The quantitative estimate of drug-likeness (QED) is 0.0910. The second kappa shape index (κ2) is 15.6. The zero-order chi connectivity index (χ0) is 30.7. The van der Waals surface area contributed by atoms with Gasteiger partial charge >= 0.3 is 0 Å². The molecule has 0 N–H and O–H groups in total. The number of hydrogen-bond acceptors (Lipinski definition) is 0. The van der Waals surface area contributed by atoms with Crippen LogP contribution in [-0.2, 0) is 13.1 Å². The first kappa shape index (κ1) is 31.3. The number of aryl methyl sites for hydroxylation is 4. The summed E-state index contributed by atoms with van der Waals surface area (Å²) in [5.74, 6) is 0. The SMILES string of the molecule is CCCCCC[n+]1ccc(-[n+]2c(-c3ccc(C)cc3)cc(-c3ccc[n+](CCCCCC)c3)cc2-c2ccc(C)cc2)cc1. The van der Waals surface area contributed by atoms with Crippen LogP contribution in [0, 0.1) is 13.8 Å². The van der Waals surface area contributed by atoms with Gasteiger partial charge in [0, 0.05) is 53.3 Å². The van der Waals surface area contributed by atoms with Crippen LogP contribution < -0.4 is 13.7 Å². The molecule has 3 heteroatoms. The van der Waals surface area contributed by atoms with Crippen LogP contribution in [0.5, 0.6) is 0 Å². The topological polar surface area (TPSA) is 11.6 Å². The van der Waals surface area contributed by atoms with Crippen LogP contribution in [0.4, 0.5) is 0 Å². The maximum atomic E-state index is 2.45. The van der Waals surface area contributed by atoms with Crippen molar-refractivity contribution in [3.05, 3.63) is 121 Å². The first-order valence-corrected chi connectivity index (χ1v) is 16.8. The van der Waals surface area contributed by atoms with Crippen LogP contribution in [0.25, 0.3) is 39.3 Å². The van der Waals surface area contributed by atoms with Crippen molar-refractivity contribution >= 4 is 0 Å². The molecule has 0 radical (unpaired) electrons. The number of benzene rings is 2. The summed E-state index contributed by atoms with van der Waals surface area (Å²) in [5, 5.41) is 0. The predicted octanol–water partition coefficient (Wildman–Crippen LogP) is 9.32. The lowest BCUT2D eigenvalue weighted by Gasteiger charge is -2.12. The van der Waals surface area contributed by atoms with E-state index in [0.29, 0.717) is 0 Å². The van der Waals surface area contributed by atoms with E-state index in [4.69, 9.17) is 0 Å². The van der Waals surface area contributed by atoms with Crippen LogP contribution in [-0.4, -0.2) is 0 Å². The molecule has 5 rings (SSSR count). The van der Waals surface area contributed by atoms with E-state index in [1.807, 2.05) is 0 Å². The fourth-order valence-corrected chi connectivity index (χ4v) is 5.94. The van der Waals surface area contributed by atoms with Gasteiger partial charge < -0.3 is 0 Å². The summed E-state index contributed by atoms with van der Waals surface area (Å²) in [4.78, 5) is 0. The Bertz CT molecular complexity index is 1550. The summed E-state index contributed by atoms with van der Waals surface area (Å²) in [6.45, 7) is 11.0. The molecule has 0 spiro atoms. The molecule has 3 aromatic heterocycles. The Hall–Kier alpha value is -4.11. The van der Waals surface area contributed by atoms with E-state index >= 15 is 0 Å². The zero-order valence-corrected chi connectivity index (χ0v) is 27.3. The lowest BCUT2D eigenvalue weighted by atomic mass is 9.98. The van der Waals surface area contributed by atoms with Crippen LogP contribution >= 0.6 is 0 Å². The van der Waals surface area contributed by atoms with Gasteiger partial charge in [-0.3, -0.25) is 0 Å². The van der Waals surface area contributed by atoms with Crippen molar-refractivity contribution < 1.29 is 13.7 Å². The average Bonchev–Trinajstić information content (AvgIpc) is 3.06. The van der Waals surface area contributed by atoms with Crippen molar-refractivity contribution in [2.75, 3.05) is 0 Å². The molecule has 0 unspecified atom stereocenters. The van der Waals surface area contributed by atoms with E-state index in [2.05, 4.69) is 151 Å². The molecule has 0 atom stereocenters. The van der Waals surface area contributed by atoms with Crippen LogP contribution in [0.2, 0.25) is 0 Å². The Morgan fingerprint density at radius 1 is 0.477 bits per heavy atom. The molecule has 0 bridgehead atoms. The van der Waals surface area contributed by atoms with E-state index in [1.165, 1.54) is 102 Å². The minimum Gasteiger partial charge on any atom is -0.205 e. The average molecular weight is 585 g/mol. The Morgan fingerprint density at radius 3 is 1.52 bits per heavy atom. The molecule has 3 nitrogen and oxygen atoms in total. The van der Waals surface area contributed by atoms with Gasteiger partial charge in [0.2, 0.25) is 17.1 Å². The van der Waals surface area contributed by atoms with Gasteiger partial charge in [0.1, 0.15) is 13.1 Å². The van der Waals surface area contributed by atoms with Gasteiger partial charge in [-0.05, 0) is 57.0 Å². The third-order valence-electron chi connectivity index (χ3n) is 8.62. The van der Waals surface area contributed by atoms with E-state index in [-0.39, 0.29) is 0 Å². The highest BCUT2D eigenvalue weighted by molar-refractivity contribution is 5.73. The largest absolute Gasteiger partial charge is 0.223 e. The molecule has 44 heavy (non-hydrogen) atoms. The number of pyridine rings is 3. The van der Waals surface area contributed by atoms with Crippen molar-refractivity contribution in [3.63, 3.8) is 0 Å². The van der Waals surface area contributed by atoms with Crippen LogP contribution in [0.1, 0.15) is 76.3 Å². The Morgan fingerprint density at radius 2 is 1.00 bits per heavy atom. The van der Waals surface area contributed by atoms with E-state index in [9.17, 15) is 0 Å². The van der Waals surface area contributed by atoms with Crippen molar-refractivity contribution in [1.82, 2.24) is 0 Å². The summed E-state index contributed by atoms with van der Waals surface area (Å²) < 4.78 is 7.13. The minimum atomic E-state index is 1.05. The van der Waals surface area contributed by atoms with E-state index in [1.54, 1.807) is 0 Å². The summed E-state index contributed by atoms with van der Waals surface area (Å²) in [6.07, 6.45) is 19.2. The second-order valence-corrected chi connectivity index (χ2v) is 12.3. The molecule has 0 saturated carbocycles. The van der Waals surface area contributed by atoms with Crippen molar-refractivity contribution in [1.29, 1.82) is 0 Å². The lowest BCUT2D eigenvalue weighted by Crippen LogP contribution is -2.39. The molecule has 0 saturated heterocycles. The van der Waals surface area contributed by atoms with Gasteiger partial charge in [-0.1, -0.05) is 74.9 Å². The third-order valence-corrected chi connectivity index (χ3v) is 8.62.